The molecule has 0 aliphatic rings. The Morgan fingerprint density at radius 3 is 1.40 bits per heavy atom. The minimum absolute atomic E-state index is 0.966. The molecule has 0 heterocycles. The normalized spacial score (nSPS) is 12.0. The van der Waals surface area contributed by atoms with Gasteiger partial charge < -0.3 is 0 Å². The van der Waals surface area contributed by atoms with Gasteiger partial charge in [0.25, 0.3) is 0 Å². The molecule has 2 N–H and O–H groups in total. The third kappa shape index (κ3) is 6.18. The molecule has 4 nitrogen and oxygen atoms in total. The summed E-state index contributed by atoms with van der Waals surface area (Å²) >= 11 is 0. The van der Waals surface area contributed by atoms with Gasteiger partial charge in [-0.2, -0.15) is 0 Å². The van der Waals surface area contributed by atoms with Gasteiger partial charge in [0.1, 0.15) is 0 Å². The Balaban J connectivity index is 3.34. The SMILES string of the molecule is CN(C)N[SiH](C)NN(C)C. The van der Waals surface area contributed by atoms with E-state index in [0.717, 1.165) is 0 Å². The van der Waals surface area contributed by atoms with E-state index in [0.29, 0.717) is 0 Å². The molecule has 0 unspecified atom stereocenters. The monoisotopic (exact) mass is 162 g/mol. The first-order valence-corrected chi connectivity index (χ1v) is 5.70. The molecule has 10 heavy (non-hydrogen) atoms. The lowest BCUT2D eigenvalue weighted by Crippen LogP contribution is -2.55. The summed E-state index contributed by atoms with van der Waals surface area (Å²) in [6.07, 6.45) is 0. The zero-order chi connectivity index (χ0) is 8.15. The van der Waals surface area contributed by atoms with Gasteiger partial charge in [-0.3, -0.25) is 20.2 Å². The maximum absolute atomic E-state index is 3.29. The van der Waals surface area contributed by atoms with Crippen LogP contribution in [0.5, 0.6) is 0 Å². The van der Waals surface area contributed by atoms with Crippen molar-refractivity contribution in [1.29, 1.82) is 0 Å². The lowest BCUT2D eigenvalue weighted by Gasteiger charge is -2.22. The first-order chi connectivity index (χ1) is 4.52. The fraction of sp³-hybridized carbons (Fsp3) is 1.00. The van der Waals surface area contributed by atoms with Crippen LogP contribution in [0, 0.1) is 0 Å². The maximum Gasteiger partial charge on any atom is 0.209 e. The highest BCUT2D eigenvalue weighted by Gasteiger charge is 2.03. The van der Waals surface area contributed by atoms with E-state index in [-0.39, 0.29) is 0 Å². The zero-order valence-electron chi connectivity index (χ0n) is 7.47. The van der Waals surface area contributed by atoms with Crippen LogP contribution in [0.1, 0.15) is 0 Å². The van der Waals surface area contributed by atoms with Gasteiger partial charge in [0.05, 0.1) is 0 Å². The van der Waals surface area contributed by atoms with E-state index in [1.807, 2.05) is 38.2 Å². The molecule has 0 atom stereocenters. The van der Waals surface area contributed by atoms with Crippen LogP contribution in [-0.2, 0) is 0 Å². The van der Waals surface area contributed by atoms with Crippen LogP contribution < -0.4 is 10.2 Å². The highest BCUT2D eigenvalue weighted by atomic mass is 28.3. The van der Waals surface area contributed by atoms with Crippen LogP contribution >= 0.6 is 0 Å². The number of hydrogen-bond acceptors (Lipinski definition) is 4. The lowest BCUT2D eigenvalue weighted by atomic mass is 11.2. The summed E-state index contributed by atoms with van der Waals surface area (Å²) in [5.74, 6) is 0. The molecule has 62 valence electrons. The number of hydrazine groups is 2. The van der Waals surface area contributed by atoms with E-state index < -0.39 is 9.12 Å². The second kappa shape index (κ2) is 4.81. The van der Waals surface area contributed by atoms with Crippen molar-refractivity contribution in [3.05, 3.63) is 0 Å². The Kier molecular flexibility index (Phi) is 4.84. The van der Waals surface area contributed by atoms with Gasteiger partial charge in [0.15, 0.2) is 0 Å². The van der Waals surface area contributed by atoms with Crippen LogP contribution in [0.3, 0.4) is 0 Å². The number of nitrogens with one attached hydrogen (secondary N) is 2. The summed E-state index contributed by atoms with van der Waals surface area (Å²) in [5, 5.41) is 10.5. The largest absolute Gasteiger partial charge is 0.264 e. The molecule has 0 saturated heterocycles. The molecule has 0 spiro atoms. The third-order valence-corrected chi connectivity index (χ3v) is 2.71. The van der Waals surface area contributed by atoms with Gasteiger partial charge in [0.2, 0.25) is 9.12 Å². The molecule has 0 aromatic carbocycles. The summed E-state index contributed by atoms with van der Waals surface area (Å²) in [4.78, 5) is 0. The predicted octanol–water partition coefficient (Wildman–Crippen LogP) is -1.03. The van der Waals surface area contributed by atoms with E-state index in [1.54, 1.807) is 0 Å². The van der Waals surface area contributed by atoms with Gasteiger partial charge in [-0.15, -0.1) is 0 Å². The minimum Gasteiger partial charge on any atom is -0.264 e. The van der Waals surface area contributed by atoms with Crippen molar-refractivity contribution in [3.8, 4) is 0 Å². The van der Waals surface area contributed by atoms with Crippen molar-refractivity contribution in [3.63, 3.8) is 0 Å². The molecule has 0 fully saturated rings. The predicted molar refractivity (Wildman–Crippen MR) is 46.7 cm³/mol. The molecular formula is C5H18N4Si. The summed E-state index contributed by atoms with van der Waals surface area (Å²) in [5.41, 5.74) is 0. The summed E-state index contributed by atoms with van der Waals surface area (Å²) < 4.78 is 0. The van der Waals surface area contributed by atoms with Crippen molar-refractivity contribution >= 4 is 9.12 Å². The zero-order valence-corrected chi connectivity index (χ0v) is 8.63. The van der Waals surface area contributed by atoms with E-state index in [2.05, 4.69) is 16.7 Å². The Hall–Kier alpha value is 0.0569. The molecule has 0 radical (unpaired) electrons. The topological polar surface area (TPSA) is 30.5 Å². The van der Waals surface area contributed by atoms with Crippen molar-refractivity contribution in [2.45, 2.75) is 6.55 Å². The van der Waals surface area contributed by atoms with Crippen LogP contribution in [0.4, 0.5) is 0 Å². The summed E-state index contributed by atoms with van der Waals surface area (Å²) in [6.45, 7) is 2.19. The fourth-order valence-electron chi connectivity index (χ4n) is 0.803. The Labute approximate surface area is 64.9 Å². The smallest absolute Gasteiger partial charge is 0.209 e. The second-order valence-corrected chi connectivity index (χ2v) is 4.73. The molecule has 0 amide bonds. The molecule has 5 heteroatoms. The summed E-state index contributed by atoms with van der Waals surface area (Å²) in [7, 11) is 7.04. The van der Waals surface area contributed by atoms with Gasteiger partial charge in [-0.05, 0) is 6.55 Å². The van der Waals surface area contributed by atoms with Crippen LogP contribution in [-0.4, -0.2) is 47.3 Å². The molecule has 0 rings (SSSR count). The number of hydrogen-bond donors (Lipinski definition) is 2. The minimum atomic E-state index is -0.966. The van der Waals surface area contributed by atoms with E-state index >= 15 is 0 Å². The Morgan fingerprint density at radius 2 is 1.20 bits per heavy atom. The van der Waals surface area contributed by atoms with E-state index in [9.17, 15) is 0 Å². The first-order valence-electron chi connectivity index (χ1n) is 3.39. The van der Waals surface area contributed by atoms with Gasteiger partial charge in [0, 0.05) is 28.2 Å². The quantitative estimate of drug-likeness (QED) is 0.409. The average Bonchev–Trinajstić information content (AvgIpc) is 1.58. The summed E-state index contributed by atoms with van der Waals surface area (Å²) in [6, 6.07) is 0. The average molecular weight is 162 g/mol. The highest BCUT2D eigenvalue weighted by Crippen LogP contribution is 1.72. The van der Waals surface area contributed by atoms with Crippen molar-refractivity contribution in [2.75, 3.05) is 28.2 Å². The van der Waals surface area contributed by atoms with Crippen LogP contribution in [0.25, 0.3) is 0 Å². The standard InChI is InChI=1S/C5H18N4Si/c1-8(2)6-10(5)7-9(3)4/h6-7,10H,1-5H3. The molecule has 0 aliphatic carbocycles. The molecular weight excluding hydrogens is 144 g/mol. The van der Waals surface area contributed by atoms with Gasteiger partial charge in [-0.1, -0.05) is 0 Å². The third-order valence-electron chi connectivity index (χ3n) is 0.904. The van der Waals surface area contributed by atoms with Crippen LogP contribution in [0.2, 0.25) is 6.55 Å². The second-order valence-electron chi connectivity index (χ2n) is 2.77. The Bertz CT molecular complexity index is 75.7. The number of nitrogens with zero attached hydrogens (tertiary/aromatic N) is 2. The number of rotatable bonds is 4. The molecule has 0 aromatic heterocycles. The molecule has 0 bridgehead atoms. The lowest BCUT2D eigenvalue weighted by molar-refractivity contribution is 0.326. The first kappa shape index (κ1) is 10.1. The van der Waals surface area contributed by atoms with Crippen molar-refractivity contribution < 1.29 is 0 Å². The highest BCUT2D eigenvalue weighted by molar-refractivity contribution is 6.51. The van der Waals surface area contributed by atoms with Crippen LogP contribution in [0.15, 0.2) is 0 Å². The maximum atomic E-state index is 3.29. The van der Waals surface area contributed by atoms with Gasteiger partial charge >= 0.3 is 0 Å². The molecule has 0 saturated carbocycles. The van der Waals surface area contributed by atoms with Gasteiger partial charge in [-0.25, -0.2) is 0 Å². The fourth-order valence-corrected chi connectivity index (χ4v) is 2.41. The van der Waals surface area contributed by atoms with Crippen molar-refractivity contribution in [2.24, 2.45) is 0 Å². The van der Waals surface area contributed by atoms with Crippen molar-refractivity contribution in [1.82, 2.24) is 20.2 Å². The molecule has 0 aromatic rings. The Morgan fingerprint density at radius 1 is 0.900 bits per heavy atom. The molecule has 0 aliphatic heterocycles. The van der Waals surface area contributed by atoms with E-state index in [4.69, 9.17) is 0 Å². The van der Waals surface area contributed by atoms with E-state index in [1.165, 1.54) is 0 Å².